The third-order valence-electron chi connectivity index (χ3n) is 5.42. The summed E-state index contributed by atoms with van der Waals surface area (Å²) in [5.41, 5.74) is 8.45. The summed E-state index contributed by atoms with van der Waals surface area (Å²) in [6.07, 6.45) is -0.544. The summed E-state index contributed by atoms with van der Waals surface area (Å²) in [5.74, 6) is -3.15. The standard InChI is InChI=1S/C25H40N8O8/c1-15(2)19(22(36)28-17(21(35)32-38)12-9-13-27-23(26)31-33(39)40)30-20(34)18(14-16-10-7-6-8-11-16)29-24(37)41-25(3,4)5/h6-8,10-11,15,17-19,38H,9,12-14H2,1-5H3,(H,28,36)(H,29,37)(H,30,34)(H,32,35)(H3,26,27,31)/t17-,18-,19-/m0/s1. The van der Waals surface area contributed by atoms with Crippen LogP contribution in [0.1, 0.15) is 53.0 Å². The van der Waals surface area contributed by atoms with Gasteiger partial charge >= 0.3 is 6.09 Å². The molecule has 1 aromatic rings. The van der Waals surface area contributed by atoms with E-state index in [1.54, 1.807) is 64.3 Å². The number of nitrogens with one attached hydrogen (secondary N) is 5. The third kappa shape index (κ3) is 13.9. The molecule has 0 aliphatic carbocycles. The van der Waals surface area contributed by atoms with Gasteiger partial charge in [-0.1, -0.05) is 49.6 Å². The number of nitrogens with zero attached hydrogens (tertiary/aromatic N) is 2. The van der Waals surface area contributed by atoms with Crippen LogP contribution in [-0.4, -0.2) is 70.3 Å². The van der Waals surface area contributed by atoms with Crippen molar-refractivity contribution in [1.29, 1.82) is 0 Å². The zero-order chi connectivity index (χ0) is 31.2. The summed E-state index contributed by atoms with van der Waals surface area (Å²) < 4.78 is 5.30. The topological polar surface area (TPSA) is 239 Å². The Kier molecular flexibility index (Phi) is 14.0. The molecule has 0 bridgehead atoms. The lowest BCUT2D eigenvalue weighted by Gasteiger charge is -2.28. The van der Waals surface area contributed by atoms with Crippen molar-refractivity contribution >= 4 is 29.8 Å². The molecule has 16 heteroatoms. The molecule has 0 aliphatic rings. The molecule has 0 unspecified atom stereocenters. The fraction of sp³-hybridized carbons (Fsp3) is 0.560. The first-order valence-electron chi connectivity index (χ1n) is 12.9. The molecule has 1 rings (SSSR count). The maximum atomic E-state index is 13.3. The molecule has 8 N–H and O–H groups in total. The lowest BCUT2D eigenvalue weighted by atomic mass is 10.00. The van der Waals surface area contributed by atoms with Gasteiger partial charge in [-0.3, -0.25) is 19.6 Å². The van der Waals surface area contributed by atoms with Crippen molar-refractivity contribution in [3.63, 3.8) is 0 Å². The van der Waals surface area contributed by atoms with Crippen molar-refractivity contribution in [1.82, 2.24) is 26.9 Å². The third-order valence-corrected chi connectivity index (χ3v) is 5.42. The minimum absolute atomic E-state index is 0.0109. The first-order chi connectivity index (χ1) is 19.1. The molecule has 0 heterocycles. The van der Waals surface area contributed by atoms with Gasteiger partial charge in [0, 0.05) is 13.0 Å². The molecule has 16 nitrogen and oxygen atoms in total. The van der Waals surface area contributed by atoms with Gasteiger partial charge in [0.2, 0.25) is 11.8 Å². The number of nitrogens with two attached hydrogens (primary N) is 1. The summed E-state index contributed by atoms with van der Waals surface area (Å²) in [6, 6.07) is 5.52. The number of aliphatic imine (C=N–C) groups is 1. The number of amides is 4. The van der Waals surface area contributed by atoms with Crippen LogP contribution in [0.3, 0.4) is 0 Å². The van der Waals surface area contributed by atoms with E-state index < -0.39 is 64.5 Å². The number of hydrogen-bond acceptors (Lipinski definition) is 9. The fourth-order valence-electron chi connectivity index (χ4n) is 3.53. The monoisotopic (exact) mass is 580 g/mol. The van der Waals surface area contributed by atoms with E-state index >= 15 is 0 Å². The van der Waals surface area contributed by atoms with E-state index in [9.17, 15) is 29.3 Å². The summed E-state index contributed by atoms with van der Waals surface area (Å²) in [5, 5.41) is 26.3. The molecule has 0 spiro atoms. The second-order valence-corrected chi connectivity index (χ2v) is 10.4. The second kappa shape index (κ2) is 16.6. The largest absolute Gasteiger partial charge is 0.444 e. The van der Waals surface area contributed by atoms with Crippen LogP contribution in [0.25, 0.3) is 0 Å². The zero-order valence-electron chi connectivity index (χ0n) is 23.8. The fourth-order valence-corrected chi connectivity index (χ4v) is 3.53. The minimum atomic E-state index is -1.22. The maximum absolute atomic E-state index is 13.3. The maximum Gasteiger partial charge on any atom is 0.408 e. The molecular weight excluding hydrogens is 540 g/mol. The van der Waals surface area contributed by atoms with Gasteiger partial charge in [0.1, 0.15) is 23.7 Å². The van der Waals surface area contributed by atoms with Gasteiger partial charge in [0.25, 0.3) is 11.9 Å². The van der Waals surface area contributed by atoms with E-state index in [1.807, 2.05) is 6.07 Å². The summed E-state index contributed by atoms with van der Waals surface area (Å²) >= 11 is 0. The highest BCUT2D eigenvalue weighted by molar-refractivity contribution is 5.94. The van der Waals surface area contributed by atoms with E-state index in [4.69, 9.17) is 15.7 Å². The normalized spacial score (nSPS) is 13.8. The molecule has 0 saturated carbocycles. The number of carbonyl (C=O) groups excluding carboxylic acids is 4. The first kappa shape index (κ1) is 34.6. The van der Waals surface area contributed by atoms with Crippen molar-refractivity contribution in [2.45, 2.75) is 77.6 Å². The molecule has 0 radical (unpaired) electrons. The van der Waals surface area contributed by atoms with Gasteiger partial charge < -0.3 is 26.4 Å². The average molecular weight is 581 g/mol. The molecule has 1 aromatic carbocycles. The molecule has 0 fully saturated rings. The summed E-state index contributed by atoms with van der Waals surface area (Å²) in [4.78, 5) is 65.3. The molecule has 0 aromatic heterocycles. The Morgan fingerprint density at radius 2 is 1.66 bits per heavy atom. The van der Waals surface area contributed by atoms with Crippen molar-refractivity contribution < 1.29 is 34.2 Å². The van der Waals surface area contributed by atoms with Gasteiger partial charge in [-0.25, -0.2) is 25.4 Å². The van der Waals surface area contributed by atoms with Crippen LogP contribution in [0.5, 0.6) is 0 Å². The first-order valence-corrected chi connectivity index (χ1v) is 12.9. The summed E-state index contributed by atoms with van der Waals surface area (Å²) in [6.45, 7) is 8.39. The van der Waals surface area contributed by atoms with Crippen LogP contribution < -0.4 is 32.6 Å². The number of guanidine groups is 1. The van der Waals surface area contributed by atoms with Gasteiger partial charge in [-0.05, 0) is 45.1 Å². The van der Waals surface area contributed by atoms with E-state index in [0.29, 0.717) is 0 Å². The number of hydroxylamine groups is 1. The number of hydrogen-bond donors (Lipinski definition) is 7. The molecule has 0 aliphatic heterocycles. The van der Waals surface area contributed by atoms with Gasteiger partial charge in [0.05, 0.1) is 0 Å². The van der Waals surface area contributed by atoms with Crippen LogP contribution in [0.4, 0.5) is 4.79 Å². The van der Waals surface area contributed by atoms with E-state index in [2.05, 4.69) is 20.9 Å². The van der Waals surface area contributed by atoms with Gasteiger partial charge in [-0.2, -0.15) is 0 Å². The Morgan fingerprint density at radius 1 is 1.02 bits per heavy atom. The van der Waals surface area contributed by atoms with Crippen molar-refractivity contribution in [2.24, 2.45) is 16.6 Å². The van der Waals surface area contributed by atoms with Crippen LogP contribution in [-0.2, 0) is 25.5 Å². The molecule has 4 amide bonds. The Labute approximate surface area is 237 Å². The number of nitro groups is 1. The molecule has 41 heavy (non-hydrogen) atoms. The summed E-state index contributed by atoms with van der Waals surface area (Å²) in [7, 11) is 0. The molecule has 3 atom stereocenters. The number of carbonyl (C=O) groups is 4. The van der Waals surface area contributed by atoms with Crippen LogP contribution >= 0.6 is 0 Å². The van der Waals surface area contributed by atoms with Gasteiger partial charge in [0.15, 0.2) is 5.03 Å². The Hall–Kier alpha value is -4.47. The second-order valence-electron chi connectivity index (χ2n) is 10.4. The van der Waals surface area contributed by atoms with E-state index in [1.165, 1.54) is 5.48 Å². The predicted molar refractivity (Wildman–Crippen MR) is 148 cm³/mol. The molecule has 228 valence electrons. The van der Waals surface area contributed by atoms with Crippen LogP contribution in [0.2, 0.25) is 0 Å². The lowest BCUT2D eigenvalue weighted by Crippen LogP contribution is -2.58. The van der Waals surface area contributed by atoms with Crippen LogP contribution in [0, 0.1) is 16.0 Å². The van der Waals surface area contributed by atoms with E-state index in [0.717, 1.165) is 5.56 Å². The highest BCUT2D eigenvalue weighted by atomic mass is 16.7. The van der Waals surface area contributed by atoms with Crippen molar-refractivity contribution in [3.05, 3.63) is 46.0 Å². The smallest absolute Gasteiger partial charge is 0.408 e. The Bertz CT molecular complexity index is 1080. The SMILES string of the molecule is CC(C)[C@H](NC(=O)[C@H](Cc1ccccc1)NC(=O)OC(C)(C)C)C(=O)N[C@@H](CCCN=C(N)N[N+](=O)[O-])C(=O)NO. The predicted octanol–water partition coefficient (Wildman–Crippen LogP) is 0.130. The van der Waals surface area contributed by atoms with E-state index in [-0.39, 0.29) is 25.8 Å². The number of rotatable bonds is 14. The Morgan fingerprint density at radius 3 is 2.20 bits per heavy atom. The number of benzene rings is 1. The quantitative estimate of drug-likeness (QED) is 0.0392. The van der Waals surface area contributed by atoms with Crippen LogP contribution in [0.15, 0.2) is 35.3 Å². The average Bonchev–Trinajstić information content (AvgIpc) is 2.86. The van der Waals surface area contributed by atoms with Gasteiger partial charge in [-0.15, -0.1) is 0 Å². The minimum Gasteiger partial charge on any atom is -0.444 e. The number of ether oxygens (including phenoxy) is 1. The highest BCUT2D eigenvalue weighted by Crippen LogP contribution is 2.11. The highest BCUT2D eigenvalue weighted by Gasteiger charge is 2.32. The number of hydrazine groups is 1. The van der Waals surface area contributed by atoms with Crippen molar-refractivity contribution in [3.8, 4) is 0 Å². The Balaban J connectivity index is 3.00. The molecule has 0 saturated heterocycles. The number of alkyl carbamates (subject to hydrolysis) is 1. The lowest BCUT2D eigenvalue weighted by molar-refractivity contribution is -0.525. The van der Waals surface area contributed by atoms with Crippen molar-refractivity contribution in [2.75, 3.05) is 6.54 Å². The molecular formula is C25H40N8O8. The zero-order valence-corrected chi connectivity index (χ0v) is 23.8.